The molecule has 128 valence electrons. The summed E-state index contributed by atoms with van der Waals surface area (Å²) in [6, 6.07) is 9.48. The number of pyridine rings is 1. The number of imidazole rings is 1. The monoisotopic (exact) mass is 338 g/mol. The van der Waals surface area contributed by atoms with Gasteiger partial charge in [0, 0.05) is 38.3 Å². The predicted octanol–water partition coefficient (Wildman–Crippen LogP) is 2.79. The first-order valence-electron chi connectivity index (χ1n) is 8.04. The van der Waals surface area contributed by atoms with E-state index in [9.17, 15) is 9.18 Å². The minimum Gasteiger partial charge on any atom is -0.342 e. The molecule has 0 radical (unpaired) electrons. The third-order valence-electron chi connectivity index (χ3n) is 3.97. The summed E-state index contributed by atoms with van der Waals surface area (Å²) < 4.78 is 15.4. The largest absolute Gasteiger partial charge is 0.342 e. The Hall–Kier alpha value is -3.02. The van der Waals surface area contributed by atoms with E-state index in [-0.39, 0.29) is 11.7 Å². The minimum atomic E-state index is -0.503. The fourth-order valence-electron chi connectivity index (χ4n) is 2.68. The summed E-state index contributed by atoms with van der Waals surface area (Å²) in [5, 5.41) is 2.96. The number of benzene rings is 1. The number of rotatable bonds is 6. The Labute approximate surface area is 145 Å². The van der Waals surface area contributed by atoms with Crippen LogP contribution in [0, 0.1) is 5.82 Å². The summed E-state index contributed by atoms with van der Waals surface area (Å²) >= 11 is 0. The van der Waals surface area contributed by atoms with Crippen molar-refractivity contribution >= 4 is 5.91 Å². The van der Waals surface area contributed by atoms with Crippen LogP contribution >= 0.6 is 0 Å². The van der Waals surface area contributed by atoms with Crippen molar-refractivity contribution in [3.05, 3.63) is 84.0 Å². The van der Waals surface area contributed by atoms with Crippen molar-refractivity contribution in [3.8, 4) is 0 Å². The molecule has 5 nitrogen and oxygen atoms in total. The number of carbonyl (C=O) groups excluding carboxylic acids is 1. The Morgan fingerprint density at radius 3 is 2.84 bits per heavy atom. The fourth-order valence-corrected chi connectivity index (χ4v) is 2.68. The van der Waals surface area contributed by atoms with E-state index < -0.39 is 6.04 Å². The van der Waals surface area contributed by atoms with Gasteiger partial charge in [0.25, 0.3) is 0 Å². The van der Waals surface area contributed by atoms with Crippen molar-refractivity contribution in [2.24, 2.45) is 7.05 Å². The molecule has 1 atom stereocenters. The quantitative estimate of drug-likeness (QED) is 0.752. The Balaban J connectivity index is 1.76. The molecule has 0 bridgehead atoms. The molecule has 0 saturated carbocycles. The second-order valence-electron chi connectivity index (χ2n) is 5.81. The number of aromatic nitrogens is 3. The van der Waals surface area contributed by atoms with E-state index in [1.165, 1.54) is 12.1 Å². The molecule has 0 aliphatic rings. The number of hydrogen-bond donors (Lipinski definition) is 1. The lowest BCUT2D eigenvalue weighted by molar-refractivity contribution is -0.121. The molecule has 0 fully saturated rings. The molecular weight excluding hydrogens is 319 g/mol. The number of carbonyl (C=O) groups is 1. The molecule has 1 unspecified atom stereocenters. The van der Waals surface area contributed by atoms with Gasteiger partial charge in [0.1, 0.15) is 17.7 Å². The van der Waals surface area contributed by atoms with E-state index in [2.05, 4.69) is 15.3 Å². The van der Waals surface area contributed by atoms with Gasteiger partial charge in [-0.2, -0.15) is 0 Å². The first-order valence-corrected chi connectivity index (χ1v) is 8.04. The van der Waals surface area contributed by atoms with Gasteiger partial charge in [0.15, 0.2) is 0 Å². The lowest BCUT2D eigenvalue weighted by Gasteiger charge is -2.19. The van der Waals surface area contributed by atoms with Crippen LogP contribution in [0.1, 0.15) is 29.4 Å². The van der Waals surface area contributed by atoms with Crippen molar-refractivity contribution in [2.75, 3.05) is 0 Å². The number of halogens is 1. The van der Waals surface area contributed by atoms with Gasteiger partial charge in [-0.25, -0.2) is 9.37 Å². The molecule has 3 aromatic rings. The average Bonchev–Trinajstić information content (AvgIpc) is 3.04. The van der Waals surface area contributed by atoms with Gasteiger partial charge in [-0.05, 0) is 35.7 Å². The maximum absolute atomic E-state index is 13.6. The maximum Gasteiger partial charge on any atom is 0.221 e. The molecule has 0 aliphatic carbocycles. The molecule has 0 spiro atoms. The molecule has 25 heavy (non-hydrogen) atoms. The summed E-state index contributed by atoms with van der Waals surface area (Å²) in [7, 11) is 1.84. The van der Waals surface area contributed by atoms with Crippen molar-refractivity contribution in [1.29, 1.82) is 0 Å². The molecule has 2 heterocycles. The van der Waals surface area contributed by atoms with Gasteiger partial charge in [-0.3, -0.25) is 9.78 Å². The molecule has 0 aliphatic heterocycles. The van der Waals surface area contributed by atoms with Crippen LogP contribution in [-0.2, 0) is 18.3 Å². The van der Waals surface area contributed by atoms with Gasteiger partial charge in [-0.1, -0.05) is 18.2 Å². The molecule has 2 aromatic heterocycles. The van der Waals surface area contributed by atoms with Gasteiger partial charge in [-0.15, -0.1) is 0 Å². The van der Waals surface area contributed by atoms with E-state index in [4.69, 9.17) is 0 Å². The first-order chi connectivity index (χ1) is 12.1. The van der Waals surface area contributed by atoms with Crippen LogP contribution < -0.4 is 5.32 Å². The van der Waals surface area contributed by atoms with Crippen LogP contribution in [0.5, 0.6) is 0 Å². The van der Waals surface area contributed by atoms with Crippen molar-refractivity contribution in [2.45, 2.75) is 18.9 Å². The second kappa shape index (κ2) is 7.70. The van der Waals surface area contributed by atoms with Gasteiger partial charge >= 0.3 is 0 Å². The highest BCUT2D eigenvalue weighted by molar-refractivity contribution is 5.77. The Kier molecular flexibility index (Phi) is 5.18. The van der Waals surface area contributed by atoms with Crippen LogP contribution in [0.2, 0.25) is 0 Å². The lowest BCUT2D eigenvalue weighted by Crippen LogP contribution is -2.31. The fraction of sp³-hybridized carbons (Fsp3) is 0.211. The standard InChI is InChI=1S/C19H19FN4O/c1-24-11-10-22-19(24)18(15-5-2-6-16(20)12-15)23-17(25)8-7-14-4-3-9-21-13-14/h2-6,9-13,18H,7-8H2,1H3,(H,23,25). The summed E-state index contributed by atoms with van der Waals surface area (Å²) in [6.45, 7) is 0. The van der Waals surface area contributed by atoms with E-state index in [1.807, 2.05) is 23.7 Å². The van der Waals surface area contributed by atoms with Crippen LogP contribution in [0.3, 0.4) is 0 Å². The highest BCUT2D eigenvalue weighted by Gasteiger charge is 2.21. The van der Waals surface area contributed by atoms with Crippen LogP contribution in [0.25, 0.3) is 0 Å². The Morgan fingerprint density at radius 1 is 1.28 bits per heavy atom. The number of aryl methyl sites for hydroxylation is 2. The summed E-state index contributed by atoms with van der Waals surface area (Å²) in [4.78, 5) is 20.8. The third-order valence-corrected chi connectivity index (χ3v) is 3.97. The predicted molar refractivity (Wildman–Crippen MR) is 92.2 cm³/mol. The van der Waals surface area contributed by atoms with E-state index in [0.717, 1.165) is 5.56 Å². The maximum atomic E-state index is 13.6. The van der Waals surface area contributed by atoms with Gasteiger partial charge in [0.2, 0.25) is 5.91 Å². The summed E-state index contributed by atoms with van der Waals surface area (Å²) in [6.07, 6.45) is 7.81. The molecular formula is C19H19FN4O. The molecule has 0 saturated heterocycles. The van der Waals surface area contributed by atoms with E-state index in [1.54, 1.807) is 36.9 Å². The SMILES string of the molecule is Cn1ccnc1C(NC(=O)CCc1cccnc1)c1cccc(F)c1. The Morgan fingerprint density at radius 2 is 2.16 bits per heavy atom. The zero-order valence-corrected chi connectivity index (χ0v) is 13.9. The molecule has 1 N–H and O–H groups in total. The minimum absolute atomic E-state index is 0.124. The lowest BCUT2D eigenvalue weighted by atomic mass is 10.0. The number of nitrogens with zero attached hydrogens (tertiary/aromatic N) is 3. The number of hydrogen-bond acceptors (Lipinski definition) is 3. The zero-order valence-electron chi connectivity index (χ0n) is 13.9. The van der Waals surface area contributed by atoms with Crippen LogP contribution in [-0.4, -0.2) is 20.4 Å². The van der Waals surface area contributed by atoms with Crippen molar-refractivity contribution in [3.63, 3.8) is 0 Å². The smallest absolute Gasteiger partial charge is 0.221 e. The second-order valence-corrected chi connectivity index (χ2v) is 5.81. The Bertz CT molecular complexity index is 847. The van der Waals surface area contributed by atoms with Crippen LogP contribution in [0.4, 0.5) is 4.39 Å². The zero-order chi connectivity index (χ0) is 17.6. The van der Waals surface area contributed by atoms with E-state index in [0.29, 0.717) is 24.2 Å². The molecule has 1 amide bonds. The highest BCUT2D eigenvalue weighted by atomic mass is 19.1. The summed E-state index contributed by atoms with van der Waals surface area (Å²) in [5.74, 6) is 0.183. The van der Waals surface area contributed by atoms with Crippen molar-refractivity contribution in [1.82, 2.24) is 19.9 Å². The molecule has 6 heteroatoms. The normalized spacial score (nSPS) is 11.9. The van der Waals surface area contributed by atoms with Gasteiger partial charge < -0.3 is 9.88 Å². The number of amides is 1. The molecule has 3 rings (SSSR count). The average molecular weight is 338 g/mol. The van der Waals surface area contributed by atoms with Crippen molar-refractivity contribution < 1.29 is 9.18 Å². The first kappa shape index (κ1) is 16.8. The molecule has 1 aromatic carbocycles. The van der Waals surface area contributed by atoms with E-state index >= 15 is 0 Å². The third kappa shape index (κ3) is 4.29. The van der Waals surface area contributed by atoms with Crippen LogP contribution in [0.15, 0.2) is 61.2 Å². The number of nitrogens with one attached hydrogen (secondary N) is 1. The van der Waals surface area contributed by atoms with Gasteiger partial charge in [0.05, 0.1) is 0 Å². The topological polar surface area (TPSA) is 59.8 Å². The highest BCUT2D eigenvalue weighted by Crippen LogP contribution is 2.21. The summed E-state index contributed by atoms with van der Waals surface area (Å²) in [5.41, 5.74) is 1.65.